The van der Waals surface area contributed by atoms with Gasteiger partial charge in [0.15, 0.2) is 0 Å². The van der Waals surface area contributed by atoms with Crippen LogP contribution < -0.4 is 5.73 Å². The molecule has 1 aromatic heterocycles. The van der Waals surface area contributed by atoms with E-state index in [1.807, 2.05) is 0 Å². The first-order chi connectivity index (χ1) is 6.80. The van der Waals surface area contributed by atoms with Gasteiger partial charge in [-0.2, -0.15) is 0 Å². The molecule has 0 aromatic carbocycles. The molecule has 2 nitrogen and oxygen atoms in total. The van der Waals surface area contributed by atoms with Crippen LogP contribution in [0.15, 0.2) is 5.38 Å². The normalized spacial score (nSPS) is 14.6. The summed E-state index contributed by atoms with van der Waals surface area (Å²) in [5, 5.41) is 3.32. The molecule has 0 saturated heterocycles. The van der Waals surface area contributed by atoms with Crippen molar-refractivity contribution in [3.63, 3.8) is 0 Å². The van der Waals surface area contributed by atoms with Gasteiger partial charge in [0, 0.05) is 23.3 Å². The fourth-order valence-corrected chi connectivity index (χ4v) is 2.28. The second kappa shape index (κ2) is 4.62. The van der Waals surface area contributed by atoms with E-state index in [0.29, 0.717) is 5.92 Å². The third-order valence-corrected chi connectivity index (χ3v) is 3.46. The van der Waals surface area contributed by atoms with Gasteiger partial charge in [-0.05, 0) is 5.92 Å². The summed E-state index contributed by atoms with van der Waals surface area (Å²) in [4.78, 5) is 4.64. The maximum Gasteiger partial charge on any atom is 0.0944 e. The standard InChI is InChI=1S/C12H22N2S/c1-8(2)9(13)6-11-14-10(7-15-11)12(3,4)5/h7-9H,6,13H2,1-5H3. The van der Waals surface area contributed by atoms with Gasteiger partial charge >= 0.3 is 0 Å². The van der Waals surface area contributed by atoms with E-state index in [2.05, 4.69) is 45.0 Å². The lowest BCUT2D eigenvalue weighted by atomic mass is 9.93. The Morgan fingerprint density at radius 1 is 1.40 bits per heavy atom. The van der Waals surface area contributed by atoms with Crippen LogP contribution in [0.3, 0.4) is 0 Å². The number of aromatic nitrogens is 1. The molecule has 0 aliphatic heterocycles. The molecule has 1 aromatic rings. The molecule has 1 heterocycles. The molecular weight excluding hydrogens is 204 g/mol. The number of nitrogens with zero attached hydrogens (tertiary/aromatic N) is 1. The Balaban J connectivity index is 2.69. The minimum absolute atomic E-state index is 0.149. The van der Waals surface area contributed by atoms with Crippen LogP contribution in [0.25, 0.3) is 0 Å². The van der Waals surface area contributed by atoms with Crippen LogP contribution in [0, 0.1) is 5.92 Å². The topological polar surface area (TPSA) is 38.9 Å². The lowest BCUT2D eigenvalue weighted by Crippen LogP contribution is -2.28. The highest BCUT2D eigenvalue weighted by Gasteiger charge is 2.18. The van der Waals surface area contributed by atoms with Crippen molar-refractivity contribution >= 4 is 11.3 Å². The van der Waals surface area contributed by atoms with Gasteiger partial charge in [-0.1, -0.05) is 34.6 Å². The van der Waals surface area contributed by atoms with Gasteiger partial charge in [0.1, 0.15) is 0 Å². The van der Waals surface area contributed by atoms with E-state index in [1.54, 1.807) is 11.3 Å². The Morgan fingerprint density at radius 3 is 2.40 bits per heavy atom. The Hall–Kier alpha value is -0.410. The van der Waals surface area contributed by atoms with E-state index in [-0.39, 0.29) is 11.5 Å². The van der Waals surface area contributed by atoms with Gasteiger partial charge in [0.05, 0.1) is 10.7 Å². The first kappa shape index (κ1) is 12.7. The molecule has 0 aliphatic carbocycles. The number of hydrogen-bond acceptors (Lipinski definition) is 3. The highest BCUT2D eigenvalue weighted by molar-refractivity contribution is 7.09. The Bertz CT molecular complexity index is 310. The van der Waals surface area contributed by atoms with Crippen molar-refractivity contribution in [3.05, 3.63) is 16.1 Å². The molecule has 0 aliphatic rings. The monoisotopic (exact) mass is 226 g/mol. The summed E-state index contributed by atoms with van der Waals surface area (Å²) in [6.07, 6.45) is 0.901. The van der Waals surface area contributed by atoms with Crippen LogP contribution in [0.5, 0.6) is 0 Å². The number of hydrogen-bond donors (Lipinski definition) is 1. The van der Waals surface area contributed by atoms with Gasteiger partial charge in [-0.25, -0.2) is 4.98 Å². The smallest absolute Gasteiger partial charge is 0.0944 e. The van der Waals surface area contributed by atoms with E-state index in [4.69, 9.17) is 5.73 Å². The molecule has 0 saturated carbocycles. The summed E-state index contributed by atoms with van der Waals surface area (Å²) in [7, 11) is 0. The largest absolute Gasteiger partial charge is 0.327 e. The van der Waals surface area contributed by atoms with Crippen LogP contribution in [-0.2, 0) is 11.8 Å². The van der Waals surface area contributed by atoms with Crippen molar-refractivity contribution in [1.82, 2.24) is 4.98 Å². The lowest BCUT2D eigenvalue weighted by Gasteiger charge is -2.15. The summed E-state index contributed by atoms with van der Waals surface area (Å²) >= 11 is 1.73. The summed E-state index contributed by atoms with van der Waals surface area (Å²) in [6, 6.07) is 0.226. The van der Waals surface area contributed by atoms with Crippen molar-refractivity contribution in [3.8, 4) is 0 Å². The first-order valence-corrected chi connectivity index (χ1v) is 6.39. The molecule has 0 radical (unpaired) electrons. The summed E-state index contributed by atoms with van der Waals surface area (Å²) in [5.74, 6) is 0.520. The van der Waals surface area contributed by atoms with Crippen molar-refractivity contribution in [2.75, 3.05) is 0 Å². The van der Waals surface area contributed by atoms with E-state index in [0.717, 1.165) is 6.42 Å². The van der Waals surface area contributed by atoms with Gasteiger partial charge < -0.3 is 5.73 Å². The predicted octanol–water partition coefficient (Wildman–Crippen LogP) is 2.97. The second-order valence-corrected chi connectivity index (χ2v) is 6.43. The fourth-order valence-electron chi connectivity index (χ4n) is 1.19. The molecule has 1 rings (SSSR count). The molecule has 2 N–H and O–H groups in total. The van der Waals surface area contributed by atoms with Crippen LogP contribution in [0.2, 0.25) is 0 Å². The van der Waals surface area contributed by atoms with Gasteiger partial charge in [0.25, 0.3) is 0 Å². The lowest BCUT2D eigenvalue weighted by molar-refractivity contribution is 0.487. The fraction of sp³-hybridized carbons (Fsp3) is 0.750. The number of thiazole rings is 1. The highest BCUT2D eigenvalue weighted by Crippen LogP contribution is 2.24. The van der Waals surface area contributed by atoms with Crippen LogP contribution in [0.1, 0.15) is 45.3 Å². The van der Waals surface area contributed by atoms with Crippen molar-refractivity contribution in [2.24, 2.45) is 11.7 Å². The predicted molar refractivity (Wildman–Crippen MR) is 67.3 cm³/mol. The summed E-state index contributed by atoms with van der Waals surface area (Å²) in [5.41, 5.74) is 7.36. The SMILES string of the molecule is CC(C)C(N)Cc1nc(C(C)(C)C)cs1. The molecule has 3 heteroatoms. The average Bonchev–Trinajstić information content (AvgIpc) is 2.51. The average molecular weight is 226 g/mol. The summed E-state index contributed by atoms with van der Waals surface area (Å²) < 4.78 is 0. The van der Waals surface area contributed by atoms with Gasteiger partial charge in [-0.15, -0.1) is 11.3 Å². The molecule has 0 amide bonds. The molecular formula is C12H22N2S. The maximum absolute atomic E-state index is 6.03. The third kappa shape index (κ3) is 3.58. The van der Waals surface area contributed by atoms with Gasteiger partial charge in [-0.3, -0.25) is 0 Å². The zero-order chi connectivity index (χ0) is 11.6. The summed E-state index contributed by atoms with van der Waals surface area (Å²) in [6.45, 7) is 10.9. The third-order valence-electron chi connectivity index (χ3n) is 2.59. The van der Waals surface area contributed by atoms with Crippen LogP contribution in [0.4, 0.5) is 0 Å². The zero-order valence-electron chi connectivity index (χ0n) is 10.4. The van der Waals surface area contributed by atoms with Crippen LogP contribution >= 0.6 is 11.3 Å². The Kier molecular flexibility index (Phi) is 3.90. The molecule has 0 bridgehead atoms. The van der Waals surface area contributed by atoms with E-state index < -0.39 is 0 Å². The molecule has 1 atom stereocenters. The Morgan fingerprint density at radius 2 is 2.00 bits per heavy atom. The van der Waals surface area contributed by atoms with E-state index in [1.165, 1.54) is 10.7 Å². The number of nitrogens with two attached hydrogens (primary N) is 1. The first-order valence-electron chi connectivity index (χ1n) is 5.51. The van der Waals surface area contributed by atoms with Crippen LogP contribution in [-0.4, -0.2) is 11.0 Å². The minimum Gasteiger partial charge on any atom is -0.327 e. The van der Waals surface area contributed by atoms with E-state index >= 15 is 0 Å². The van der Waals surface area contributed by atoms with Gasteiger partial charge in [0.2, 0.25) is 0 Å². The minimum atomic E-state index is 0.149. The Labute approximate surface area is 96.9 Å². The molecule has 1 unspecified atom stereocenters. The maximum atomic E-state index is 6.03. The highest BCUT2D eigenvalue weighted by atomic mass is 32.1. The zero-order valence-corrected chi connectivity index (χ0v) is 11.2. The molecule has 0 spiro atoms. The van der Waals surface area contributed by atoms with Crippen molar-refractivity contribution in [1.29, 1.82) is 0 Å². The van der Waals surface area contributed by atoms with Crippen molar-refractivity contribution < 1.29 is 0 Å². The molecule has 0 fully saturated rings. The second-order valence-electron chi connectivity index (χ2n) is 5.49. The number of rotatable bonds is 3. The van der Waals surface area contributed by atoms with Crippen molar-refractivity contribution in [2.45, 2.75) is 52.5 Å². The molecule has 15 heavy (non-hydrogen) atoms. The quantitative estimate of drug-likeness (QED) is 0.860. The molecule has 86 valence electrons. The van der Waals surface area contributed by atoms with E-state index in [9.17, 15) is 0 Å².